The molecule has 0 radical (unpaired) electrons. The van der Waals surface area contributed by atoms with Crippen LogP contribution in [0.4, 0.5) is 4.79 Å². The van der Waals surface area contributed by atoms with Gasteiger partial charge in [0.25, 0.3) is 0 Å². The van der Waals surface area contributed by atoms with E-state index in [2.05, 4.69) is 5.32 Å². The number of benzene rings is 1. The number of carbonyl (C=O) groups is 1. The van der Waals surface area contributed by atoms with Gasteiger partial charge in [-0.2, -0.15) is 0 Å². The molecule has 0 bridgehead atoms. The minimum absolute atomic E-state index is 0.0452. The van der Waals surface area contributed by atoms with Crippen LogP contribution in [0.1, 0.15) is 39.2 Å². The number of nitrogens with zero attached hydrogens (tertiary/aromatic N) is 1. The van der Waals surface area contributed by atoms with Crippen molar-refractivity contribution in [2.45, 2.75) is 56.6 Å². The number of hydrogen-bond acceptors (Lipinski definition) is 4. The van der Waals surface area contributed by atoms with E-state index in [0.29, 0.717) is 19.5 Å². The zero-order valence-electron chi connectivity index (χ0n) is 15.2. The molecule has 1 aliphatic heterocycles. The van der Waals surface area contributed by atoms with Gasteiger partial charge in [0, 0.05) is 25.7 Å². The van der Waals surface area contributed by atoms with Gasteiger partial charge < -0.3 is 15.2 Å². The van der Waals surface area contributed by atoms with Crippen LogP contribution in [0.15, 0.2) is 29.2 Å². The highest BCUT2D eigenvalue weighted by Gasteiger charge is 2.26. The number of ether oxygens (including phenoxy) is 1. The van der Waals surface area contributed by atoms with Crippen LogP contribution in [0.5, 0.6) is 0 Å². The third-order valence-electron chi connectivity index (χ3n) is 3.91. The Hall–Kier alpha value is -1.44. The molecule has 1 aliphatic rings. The lowest BCUT2D eigenvalue weighted by Crippen LogP contribution is -2.46. The Bertz CT molecular complexity index is 607. The van der Waals surface area contributed by atoms with Crippen molar-refractivity contribution in [2.75, 3.05) is 19.7 Å². The highest BCUT2D eigenvalue weighted by molar-refractivity contribution is 7.82. The Morgan fingerprint density at radius 2 is 2.04 bits per heavy atom. The predicted molar refractivity (Wildman–Crippen MR) is 97.6 cm³/mol. The van der Waals surface area contributed by atoms with Crippen LogP contribution >= 0.6 is 0 Å². The van der Waals surface area contributed by atoms with Crippen LogP contribution in [0.2, 0.25) is 0 Å². The number of alkyl carbamates (subject to hydrolysis) is 1. The quantitative estimate of drug-likeness (QED) is 0.835. The van der Waals surface area contributed by atoms with Crippen LogP contribution in [-0.2, 0) is 22.1 Å². The molecule has 1 atom stereocenters. The number of rotatable bonds is 5. The number of aliphatic hydroxyl groups excluding tert-OH is 1. The molecule has 1 heterocycles. The van der Waals surface area contributed by atoms with Crippen LogP contribution in [0, 0.1) is 0 Å². The standard InChI is InChI=1S/C18H28N2O4S/c1-18(2,3)24-17(22)19-15-7-10-20(11-8-15)25(23)16-6-4-5-14(13-16)9-12-21/h4-6,13,15,21H,7-12H2,1-3H3,(H,19,22). The van der Waals surface area contributed by atoms with Gasteiger partial charge in [-0.25, -0.2) is 13.3 Å². The van der Waals surface area contributed by atoms with Gasteiger partial charge in [0.05, 0.1) is 4.90 Å². The third-order valence-corrected chi connectivity index (χ3v) is 5.40. The highest BCUT2D eigenvalue weighted by Crippen LogP contribution is 2.19. The normalized spacial score (nSPS) is 17.9. The summed E-state index contributed by atoms with van der Waals surface area (Å²) in [6.45, 7) is 6.89. The zero-order chi connectivity index (χ0) is 18.4. The number of hydrogen-bond donors (Lipinski definition) is 2. The third kappa shape index (κ3) is 6.41. The second kappa shape index (κ2) is 8.78. The number of aliphatic hydroxyl groups is 1. The van der Waals surface area contributed by atoms with Crippen LogP contribution in [0.3, 0.4) is 0 Å². The first-order valence-electron chi connectivity index (χ1n) is 8.64. The summed E-state index contributed by atoms with van der Waals surface area (Å²) in [5.74, 6) is 0. The Balaban J connectivity index is 1.86. The van der Waals surface area contributed by atoms with Crippen molar-refractivity contribution in [3.8, 4) is 0 Å². The van der Waals surface area contributed by atoms with E-state index >= 15 is 0 Å². The molecule has 2 rings (SSSR count). The monoisotopic (exact) mass is 368 g/mol. The van der Waals surface area contributed by atoms with Crippen molar-refractivity contribution in [2.24, 2.45) is 0 Å². The molecular weight excluding hydrogens is 340 g/mol. The van der Waals surface area contributed by atoms with E-state index < -0.39 is 22.7 Å². The molecular formula is C18H28N2O4S. The molecule has 0 spiro atoms. The summed E-state index contributed by atoms with van der Waals surface area (Å²) in [7, 11) is -1.22. The lowest BCUT2D eigenvalue weighted by Gasteiger charge is -2.31. The molecule has 1 amide bonds. The molecule has 2 N–H and O–H groups in total. The van der Waals surface area contributed by atoms with Gasteiger partial charge in [0.1, 0.15) is 16.6 Å². The number of amides is 1. The molecule has 1 aromatic rings. The molecule has 7 heteroatoms. The van der Waals surface area contributed by atoms with E-state index in [1.54, 1.807) is 0 Å². The Labute approximate surface area is 152 Å². The van der Waals surface area contributed by atoms with Crippen LogP contribution in [-0.4, -0.2) is 51.1 Å². The van der Waals surface area contributed by atoms with E-state index in [4.69, 9.17) is 9.84 Å². The maximum atomic E-state index is 12.7. The smallest absolute Gasteiger partial charge is 0.407 e. The molecule has 1 fully saturated rings. The van der Waals surface area contributed by atoms with E-state index in [1.807, 2.05) is 49.3 Å². The fourth-order valence-electron chi connectivity index (χ4n) is 2.73. The first-order chi connectivity index (χ1) is 11.8. The van der Waals surface area contributed by atoms with E-state index in [0.717, 1.165) is 23.3 Å². The highest BCUT2D eigenvalue weighted by atomic mass is 32.2. The van der Waals surface area contributed by atoms with Gasteiger partial charge in [-0.3, -0.25) is 0 Å². The van der Waals surface area contributed by atoms with Crippen LogP contribution < -0.4 is 5.32 Å². The van der Waals surface area contributed by atoms with Gasteiger partial charge >= 0.3 is 6.09 Å². The maximum Gasteiger partial charge on any atom is 0.407 e. The fraction of sp³-hybridized carbons (Fsp3) is 0.611. The van der Waals surface area contributed by atoms with Crippen molar-refractivity contribution in [1.29, 1.82) is 0 Å². The summed E-state index contributed by atoms with van der Waals surface area (Å²) in [6, 6.07) is 7.58. The first kappa shape index (κ1) is 19.9. The van der Waals surface area contributed by atoms with E-state index in [-0.39, 0.29) is 12.6 Å². The minimum Gasteiger partial charge on any atom is -0.444 e. The molecule has 1 unspecified atom stereocenters. The maximum absolute atomic E-state index is 12.7. The number of carbonyl (C=O) groups excluding carboxylic acids is 1. The Morgan fingerprint density at radius 3 is 2.64 bits per heavy atom. The molecule has 1 saturated heterocycles. The van der Waals surface area contributed by atoms with Gasteiger partial charge in [-0.1, -0.05) is 12.1 Å². The molecule has 0 aliphatic carbocycles. The molecule has 25 heavy (non-hydrogen) atoms. The molecule has 140 valence electrons. The minimum atomic E-state index is -1.22. The number of piperidine rings is 1. The average Bonchev–Trinajstić information content (AvgIpc) is 2.54. The Kier molecular flexibility index (Phi) is 6.98. The summed E-state index contributed by atoms with van der Waals surface area (Å²) >= 11 is 0. The van der Waals surface area contributed by atoms with E-state index in [1.165, 1.54) is 0 Å². The van der Waals surface area contributed by atoms with Gasteiger partial charge in [-0.15, -0.1) is 0 Å². The summed E-state index contributed by atoms with van der Waals surface area (Å²) in [6.07, 6.45) is 1.64. The van der Waals surface area contributed by atoms with Crippen molar-refractivity contribution in [3.05, 3.63) is 29.8 Å². The largest absolute Gasteiger partial charge is 0.444 e. The molecule has 0 aromatic heterocycles. The summed E-state index contributed by atoms with van der Waals surface area (Å²) < 4.78 is 19.9. The SMILES string of the molecule is CC(C)(C)OC(=O)NC1CCN(S(=O)c2cccc(CCO)c2)CC1. The lowest BCUT2D eigenvalue weighted by atomic mass is 10.1. The molecule has 6 nitrogen and oxygen atoms in total. The van der Waals surface area contributed by atoms with Crippen molar-refractivity contribution in [3.63, 3.8) is 0 Å². The summed E-state index contributed by atoms with van der Waals surface area (Å²) in [4.78, 5) is 12.6. The van der Waals surface area contributed by atoms with Crippen molar-refractivity contribution < 1.29 is 18.8 Å². The Morgan fingerprint density at radius 1 is 1.36 bits per heavy atom. The van der Waals surface area contributed by atoms with Gasteiger partial charge in [0.15, 0.2) is 0 Å². The van der Waals surface area contributed by atoms with Gasteiger partial charge in [-0.05, 0) is 57.7 Å². The van der Waals surface area contributed by atoms with Gasteiger partial charge in [0.2, 0.25) is 0 Å². The van der Waals surface area contributed by atoms with Crippen LogP contribution in [0.25, 0.3) is 0 Å². The second-order valence-electron chi connectivity index (χ2n) is 7.22. The summed E-state index contributed by atoms with van der Waals surface area (Å²) in [5, 5.41) is 11.9. The lowest BCUT2D eigenvalue weighted by molar-refractivity contribution is 0.0490. The van der Waals surface area contributed by atoms with Crippen molar-refractivity contribution in [1.82, 2.24) is 9.62 Å². The molecule has 0 saturated carbocycles. The first-order valence-corrected chi connectivity index (χ1v) is 9.75. The fourth-order valence-corrected chi connectivity index (χ4v) is 4.02. The second-order valence-corrected chi connectivity index (χ2v) is 8.71. The van der Waals surface area contributed by atoms with Crippen molar-refractivity contribution >= 4 is 17.1 Å². The van der Waals surface area contributed by atoms with E-state index in [9.17, 15) is 9.00 Å². The zero-order valence-corrected chi connectivity index (χ0v) is 16.0. The topological polar surface area (TPSA) is 78.9 Å². The predicted octanol–water partition coefficient (Wildman–Crippen LogP) is 2.23. The summed E-state index contributed by atoms with van der Waals surface area (Å²) in [5.41, 5.74) is 0.473. The average molecular weight is 368 g/mol. The number of nitrogens with one attached hydrogen (secondary N) is 1. The molecule has 1 aromatic carbocycles.